The fourth-order valence-corrected chi connectivity index (χ4v) is 2.16. The van der Waals surface area contributed by atoms with Crippen LogP contribution in [0.4, 0.5) is 14.9 Å². The summed E-state index contributed by atoms with van der Waals surface area (Å²) in [6.45, 7) is 5.16. The number of rotatable bonds is 3. The van der Waals surface area contributed by atoms with Gasteiger partial charge < -0.3 is 9.84 Å². The molecule has 1 fully saturated rings. The van der Waals surface area contributed by atoms with Gasteiger partial charge in [-0.05, 0) is 57.4 Å². The summed E-state index contributed by atoms with van der Waals surface area (Å²) in [5.41, 5.74) is -1.23. The lowest BCUT2D eigenvalue weighted by atomic mass is 9.94. The summed E-state index contributed by atoms with van der Waals surface area (Å²) in [4.78, 5) is 23.2. The number of hydrogen-bond donors (Lipinski definition) is 2. The number of hydrogen-bond acceptors (Lipinski definition) is 3. The van der Waals surface area contributed by atoms with Crippen LogP contribution in [0.15, 0.2) is 18.2 Å². The number of halogens is 1. The number of nitrogens with one attached hydrogen (secondary N) is 1. The molecule has 2 rings (SSSR count). The average Bonchev–Trinajstić information content (AvgIpc) is 3.10. The molecule has 0 heterocycles. The molecule has 0 radical (unpaired) electrons. The van der Waals surface area contributed by atoms with Crippen molar-refractivity contribution < 1.29 is 23.8 Å². The van der Waals surface area contributed by atoms with Gasteiger partial charge in [0.1, 0.15) is 11.4 Å². The van der Waals surface area contributed by atoms with E-state index in [4.69, 9.17) is 4.74 Å². The molecule has 1 aromatic carbocycles. The Morgan fingerprint density at radius 1 is 1.33 bits per heavy atom. The summed E-state index contributed by atoms with van der Waals surface area (Å²) in [6, 6.07) is 3.69. The van der Waals surface area contributed by atoms with Gasteiger partial charge >= 0.3 is 12.1 Å². The van der Waals surface area contributed by atoms with Crippen molar-refractivity contribution in [1.82, 2.24) is 0 Å². The Kier molecular flexibility index (Phi) is 3.65. The first-order valence-corrected chi connectivity index (χ1v) is 6.67. The molecule has 0 unspecified atom stereocenters. The summed E-state index contributed by atoms with van der Waals surface area (Å²) in [7, 11) is 0. The zero-order chi connectivity index (χ0) is 15.8. The van der Waals surface area contributed by atoms with Crippen molar-refractivity contribution in [2.75, 3.05) is 5.32 Å². The molecule has 0 saturated heterocycles. The van der Waals surface area contributed by atoms with Crippen molar-refractivity contribution in [2.45, 2.75) is 44.6 Å². The van der Waals surface area contributed by atoms with Crippen LogP contribution in [0.3, 0.4) is 0 Å². The number of anilines is 1. The number of amides is 1. The van der Waals surface area contributed by atoms with Crippen molar-refractivity contribution in [3.63, 3.8) is 0 Å². The van der Waals surface area contributed by atoms with Crippen molar-refractivity contribution in [1.29, 1.82) is 0 Å². The number of carboxylic acids is 1. The molecule has 0 aliphatic heterocycles. The normalized spacial score (nSPS) is 16.2. The smallest absolute Gasteiger partial charge is 0.412 e. The lowest BCUT2D eigenvalue weighted by Crippen LogP contribution is -2.29. The Balaban J connectivity index is 2.29. The van der Waals surface area contributed by atoms with Gasteiger partial charge in [0.15, 0.2) is 0 Å². The third-order valence-corrected chi connectivity index (χ3v) is 3.29. The Morgan fingerprint density at radius 2 is 1.95 bits per heavy atom. The predicted octanol–water partition coefficient (Wildman–Crippen LogP) is 3.29. The first-order chi connectivity index (χ1) is 9.64. The summed E-state index contributed by atoms with van der Waals surface area (Å²) in [5.74, 6) is -1.55. The topological polar surface area (TPSA) is 75.6 Å². The highest BCUT2D eigenvalue weighted by Crippen LogP contribution is 2.51. The largest absolute Gasteiger partial charge is 0.481 e. The van der Waals surface area contributed by atoms with E-state index in [1.165, 1.54) is 12.1 Å². The highest BCUT2D eigenvalue weighted by molar-refractivity contribution is 5.92. The van der Waals surface area contributed by atoms with Gasteiger partial charge in [-0.25, -0.2) is 9.18 Å². The second kappa shape index (κ2) is 5.02. The monoisotopic (exact) mass is 295 g/mol. The molecule has 1 amide bonds. The minimum absolute atomic E-state index is 0.269. The predicted molar refractivity (Wildman–Crippen MR) is 74.8 cm³/mol. The van der Waals surface area contributed by atoms with Gasteiger partial charge in [0.2, 0.25) is 0 Å². The SMILES string of the molecule is CC(C)(C)OC(=O)Nc1ccc(F)cc1C1(C(=O)O)CC1. The first-order valence-electron chi connectivity index (χ1n) is 6.67. The second-order valence-corrected chi connectivity index (χ2v) is 6.20. The summed E-state index contributed by atoms with van der Waals surface area (Å²) < 4.78 is 18.6. The highest BCUT2D eigenvalue weighted by Gasteiger charge is 2.53. The van der Waals surface area contributed by atoms with Gasteiger partial charge in [-0.15, -0.1) is 0 Å². The van der Waals surface area contributed by atoms with E-state index in [-0.39, 0.29) is 11.3 Å². The molecule has 1 saturated carbocycles. The lowest BCUT2D eigenvalue weighted by Gasteiger charge is -2.21. The van der Waals surface area contributed by atoms with E-state index in [9.17, 15) is 19.1 Å². The van der Waals surface area contributed by atoms with Crippen LogP contribution >= 0.6 is 0 Å². The van der Waals surface area contributed by atoms with Crippen molar-refractivity contribution in [3.05, 3.63) is 29.6 Å². The molecule has 1 aromatic rings. The van der Waals surface area contributed by atoms with Crippen LogP contribution in [0.1, 0.15) is 39.2 Å². The van der Waals surface area contributed by atoms with Crippen LogP contribution in [0.5, 0.6) is 0 Å². The maximum atomic E-state index is 13.4. The highest BCUT2D eigenvalue weighted by atomic mass is 19.1. The lowest BCUT2D eigenvalue weighted by molar-refractivity contribution is -0.140. The number of carboxylic acid groups (broad SMARTS) is 1. The van der Waals surface area contributed by atoms with Crippen LogP contribution in [0, 0.1) is 5.82 Å². The molecule has 0 atom stereocenters. The maximum Gasteiger partial charge on any atom is 0.412 e. The molecule has 0 bridgehead atoms. The van der Waals surface area contributed by atoms with E-state index in [2.05, 4.69) is 5.32 Å². The Bertz CT molecular complexity index is 588. The zero-order valence-electron chi connectivity index (χ0n) is 12.2. The quantitative estimate of drug-likeness (QED) is 0.897. The van der Waals surface area contributed by atoms with E-state index in [1.807, 2.05) is 0 Å². The van der Waals surface area contributed by atoms with Crippen LogP contribution in [-0.4, -0.2) is 22.8 Å². The maximum absolute atomic E-state index is 13.4. The standard InChI is InChI=1S/C15H18FNO4/c1-14(2,3)21-13(20)17-11-5-4-9(16)8-10(11)15(6-7-15)12(18)19/h4-5,8H,6-7H2,1-3H3,(H,17,20)(H,18,19). The Hall–Kier alpha value is -2.11. The molecule has 21 heavy (non-hydrogen) atoms. The van der Waals surface area contributed by atoms with Gasteiger partial charge in [-0.2, -0.15) is 0 Å². The summed E-state index contributed by atoms with van der Waals surface area (Å²) in [6.07, 6.45) is 0.153. The second-order valence-electron chi connectivity index (χ2n) is 6.20. The number of benzene rings is 1. The summed E-state index contributed by atoms with van der Waals surface area (Å²) >= 11 is 0. The van der Waals surface area contributed by atoms with E-state index >= 15 is 0 Å². The van der Waals surface area contributed by atoms with Crippen molar-refractivity contribution in [2.24, 2.45) is 0 Å². The van der Waals surface area contributed by atoms with Gasteiger partial charge in [0.25, 0.3) is 0 Å². The molecule has 1 aliphatic rings. The molecular formula is C15H18FNO4. The van der Waals surface area contributed by atoms with Crippen LogP contribution in [0.25, 0.3) is 0 Å². The van der Waals surface area contributed by atoms with Gasteiger partial charge in [-0.1, -0.05) is 0 Å². The fraction of sp³-hybridized carbons (Fsp3) is 0.467. The minimum atomic E-state index is -1.10. The van der Waals surface area contributed by atoms with E-state index in [0.29, 0.717) is 12.8 Å². The average molecular weight is 295 g/mol. The van der Waals surface area contributed by atoms with E-state index in [1.54, 1.807) is 20.8 Å². The molecule has 5 nitrogen and oxygen atoms in total. The number of ether oxygens (including phenoxy) is 1. The molecular weight excluding hydrogens is 277 g/mol. The molecule has 1 aliphatic carbocycles. The minimum Gasteiger partial charge on any atom is -0.481 e. The molecule has 0 spiro atoms. The fourth-order valence-electron chi connectivity index (χ4n) is 2.16. The third kappa shape index (κ3) is 3.32. The number of carbonyl (C=O) groups excluding carboxylic acids is 1. The number of carbonyl (C=O) groups is 2. The van der Waals surface area contributed by atoms with Crippen LogP contribution in [-0.2, 0) is 14.9 Å². The molecule has 6 heteroatoms. The molecule has 0 aromatic heterocycles. The van der Waals surface area contributed by atoms with Gasteiger partial charge in [0.05, 0.1) is 5.41 Å². The molecule has 114 valence electrons. The van der Waals surface area contributed by atoms with Gasteiger partial charge in [0, 0.05) is 5.69 Å². The van der Waals surface area contributed by atoms with Crippen molar-refractivity contribution in [3.8, 4) is 0 Å². The first kappa shape index (κ1) is 15.3. The summed E-state index contributed by atoms with van der Waals surface area (Å²) in [5, 5.41) is 11.8. The van der Waals surface area contributed by atoms with Gasteiger partial charge in [-0.3, -0.25) is 10.1 Å². The number of aliphatic carboxylic acids is 1. The zero-order valence-corrected chi connectivity index (χ0v) is 12.2. The Labute approximate surface area is 122 Å². The van der Waals surface area contributed by atoms with E-state index in [0.717, 1.165) is 6.07 Å². The third-order valence-electron chi connectivity index (χ3n) is 3.29. The van der Waals surface area contributed by atoms with Crippen LogP contribution < -0.4 is 5.32 Å². The van der Waals surface area contributed by atoms with E-state index < -0.39 is 28.9 Å². The van der Waals surface area contributed by atoms with Crippen LogP contribution in [0.2, 0.25) is 0 Å². The Morgan fingerprint density at radius 3 is 2.43 bits per heavy atom. The van der Waals surface area contributed by atoms with Crippen molar-refractivity contribution >= 4 is 17.7 Å². The molecule has 2 N–H and O–H groups in total.